The van der Waals surface area contributed by atoms with Gasteiger partial charge in [-0.05, 0) is 54.4 Å². The smallest absolute Gasteiger partial charge is 0.406 e. The van der Waals surface area contributed by atoms with E-state index in [0.29, 0.717) is 11.3 Å². The first-order valence-corrected chi connectivity index (χ1v) is 13.9. The number of hydrogen-bond donors (Lipinski definition) is 0. The Labute approximate surface area is 251 Å². The second kappa shape index (κ2) is 12.9. The Morgan fingerprint density at radius 1 is 0.818 bits per heavy atom. The Bertz CT molecular complexity index is 1580. The lowest BCUT2D eigenvalue weighted by Crippen LogP contribution is -2.50. The topological polar surface area (TPSA) is 102 Å². The van der Waals surface area contributed by atoms with Crippen LogP contribution in [-0.4, -0.2) is 52.4 Å². The standard InChI is InChI=1S/C32H30F3N3O6/c1-19-20(2)26(42-29(39)22-10-6-4-7-11-22)31(44-30(40)23-12-8-5-9-13-23)43-25(19)28-37-36-27(38(28)18-32(33,34)35)21-14-16-24(41-3)17-15-21/h4-17,19-20,25-26,31H,18H2,1-3H3/t19-,20+,25?,26?,31?/m1/s1. The molecule has 9 nitrogen and oxygen atoms in total. The Kier molecular flexibility index (Phi) is 9.00. The molecule has 1 aromatic heterocycles. The maximum atomic E-state index is 13.9. The predicted octanol–water partition coefficient (Wildman–Crippen LogP) is 6.27. The van der Waals surface area contributed by atoms with E-state index in [0.717, 1.165) is 4.57 Å². The molecule has 44 heavy (non-hydrogen) atoms. The molecule has 0 spiro atoms. The molecule has 3 unspecified atom stereocenters. The number of carbonyl (C=O) groups excluding carboxylic acids is 2. The van der Waals surface area contributed by atoms with Crippen molar-refractivity contribution in [1.82, 2.24) is 14.8 Å². The normalized spacial score (nSPS) is 21.8. The molecular weight excluding hydrogens is 579 g/mol. The molecule has 4 aromatic rings. The van der Waals surface area contributed by atoms with Crippen LogP contribution in [0.25, 0.3) is 11.4 Å². The van der Waals surface area contributed by atoms with Gasteiger partial charge in [-0.25, -0.2) is 9.59 Å². The zero-order chi connectivity index (χ0) is 31.4. The molecule has 0 N–H and O–H groups in total. The fraction of sp³-hybridized carbons (Fsp3) is 0.312. The molecule has 0 aliphatic carbocycles. The number of nitrogens with zero attached hydrogens (tertiary/aromatic N) is 3. The first-order valence-electron chi connectivity index (χ1n) is 13.9. The van der Waals surface area contributed by atoms with Gasteiger partial charge in [0.2, 0.25) is 6.29 Å². The molecular formula is C32H30F3N3O6. The van der Waals surface area contributed by atoms with Crippen molar-refractivity contribution in [3.8, 4) is 17.1 Å². The van der Waals surface area contributed by atoms with Gasteiger partial charge < -0.3 is 18.9 Å². The van der Waals surface area contributed by atoms with Crippen LogP contribution in [0.15, 0.2) is 84.9 Å². The van der Waals surface area contributed by atoms with Gasteiger partial charge in [-0.3, -0.25) is 4.57 Å². The third-order valence-electron chi connectivity index (χ3n) is 7.58. The van der Waals surface area contributed by atoms with E-state index >= 15 is 0 Å². The number of carbonyl (C=O) groups is 2. The van der Waals surface area contributed by atoms with E-state index < -0.39 is 55.0 Å². The molecule has 5 rings (SSSR count). The molecule has 2 heterocycles. The van der Waals surface area contributed by atoms with Crippen molar-refractivity contribution < 1.29 is 41.7 Å². The van der Waals surface area contributed by atoms with Crippen LogP contribution in [0.2, 0.25) is 0 Å². The maximum absolute atomic E-state index is 13.9. The molecule has 230 valence electrons. The van der Waals surface area contributed by atoms with Crippen LogP contribution in [0.1, 0.15) is 46.5 Å². The van der Waals surface area contributed by atoms with E-state index in [-0.39, 0.29) is 22.8 Å². The third kappa shape index (κ3) is 6.75. The summed E-state index contributed by atoms with van der Waals surface area (Å²) in [7, 11) is 1.48. The fourth-order valence-corrected chi connectivity index (χ4v) is 5.05. The summed E-state index contributed by atoms with van der Waals surface area (Å²) >= 11 is 0. The van der Waals surface area contributed by atoms with Crippen LogP contribution in [0, 0.1) is 11.8 Å². The molecule has 0 saturated carbocycles. The van der Waals surface area contributed by atoms with E-state index in [1.165, 1.54) is 7.11 Å². The van der Waals surface area contributed by atoms with Gasteiger partial charge in [-0.1, -0.05) is 50.2 Å². The molecule has 12 heteroatoms. The number of methoxy groups -OCH3 is 1. The monoisotopic (exact) mass is 609 g/mol. The largest absolute Gasteiger partial charge is 0.497 e. The van der Waals surface area contributed by atoms with Crippen molar-refractivity contribution in [2.45, 2.75) is 45.1 Å². The van der Waals surface area contributed by atoms with Crippen molar-refractivity contribution in [2.24, 2.45) is 11.8 Å². The average Bonchev–Trinajstić information content (AvgIpc) is 3.42. The minimum Gasteiger partial charge on any atom is -0.497 e. The van der Waals surface area contributed by atoms with Crippen LogP contribution in [-0.2, 0) is 20.8 Å². The number of ether oxygens (including phenoxy) is 4. The predicted molar refractivity (Wildman–Crippen MR) is 152 cm³/mol. The van der Waals surface area contributed by atoms with Crippen molar-refractivity contribution >= 4 is 11.9 Å². The van der Waals surface area contributed by atoms with Gasteiger partial charge in [0.25, 0.3) is 0 Å². The van der Waals surface area contributed by atoms with Crippen LogP contribution >= 0.6 is 0 Å². The Morgan fingerprint density at radius 2 is 1.39 bits per heavy atom. The zero-order valence-corrected chi connectivity index (χ0v) is 24.1. The van der Waals surface area contributed by atoms with Gasteiger partial charge in [-0.15, -0.1) is 10.2 Å². The quantitative estimate of drug-likeness (QED) is 0.216. The minimum atomic E-state index is -4.62. The molecule has 0 bridgehead atoms. The molecule has 3 aromatic carbocycles. The van der Waals surface area contributed by atoms with Gasteiger partial charge in [0.1, 0.15) is 18.4 Å². The van der Waals surface area contributed by atoms with E-state index in [1.54, 1.807) is 98.8 Å². The minimum absolute atomic E-state index is 0.0288. The summed E-state index contributed by atoms with van der Waals surface area (Å²) < 4.78 is 65.5. The molecule has 0 radical (unpaired) electrons. The number of halogens is 3. The lowest BCUT2D eigenvalue weighted by atomic mass is 9.83. The number of alkyl halides is 3. The maximum Gasteiger partial charge on any atom is 0.406 e. The van der Waals surface area contributed by atoms with Gasteiger partial charge in [0, 0.05) is 11.5 Å². The third-order valence-corrected chi connectivity index (χ3v) is 7.58. The van der Waals surface area contributed by atoms with Crippen LogP contribution in [0.5, 0.6) is 5.75 Å². The number of hydrogen-bond acceptors (Lipinski definition) is 8. The Balaban J connectivity index is 1.51. The summed E-state index contributed by atoms with van der Waals surface area (Å²) in [4.78, 5) is 26.2. The number of benzene rings is 3. The van der Waals surface area contributed by atoms with E-state index in [4.69, 9.17) is 18.9 Å². The van der Waals surface area contributed by atoms with E-state index in [1.807, 2.05) is 0 Å². The highest BCUT2D eigenvalue weighted by molar-refractivity contribution is 5.90. The van der Waals surface area contributed by atoms with Gasteiger partial charge in [0.05, 0.1) is 18.2 Å². The molecule has 1 aliphatic rings. The fourth-order valence-electron chi connectivity index (χ4n) is 5.05. The van der Waals surface area contributed by atoms with Crippen molar-refractivity contribution in [3.05, 3.63) is 102 Å². The van der Waals surface area contributed by atoms with Crippen molar-refractivity contribution in [3.63, 3.8) is 0 Å². The summed E-state index contributed by atoms with van der Waals surface area (Å²) in [6, 6.07) is 22.7. The summed E-state index contributed by atoms with van der Waals surface area (Å²) in [5, 5.41) is 8.24. The second-order valence-electron chi connectivity index (χ2n) is 10.5. The highest BCUT2D eigenvalue weighted by Gasteiger charge is 2.49. The summed E-state index contributed by atoms with van der Waals surface area (Å²) in [6.07, 6.45) is -8.27. The van der Waals surface area contributed by atoms with Gasteiger partial charge >= 0.3 is 18.1 Å². The molecule has 0 amide bonds. The number of esters is 2. The van der Waals surface area contributed by atoms with E-state index in [2.05, 4.69) is 10.2 Å². The van der Waals surface area contributed by atoms with Gasteiger partial charge in [0.15, 0.2) is 17.8 Å². The first kappa shape index (κ1) is 30.7. The molecule has 5 atom stereocenters. The Morgan fingerprint density at radius 3 is 1.93 bits per heavy atom. The lowest BCUT2D eigenvalue weighted by molar-refractivity contribution is -0.253. The molecule has 1 aliphatic heterocycles. The van der Waals surface area contributed by atoms with Crippen molar-refractivity contribution in [2.75, 3.05) is 7.11 Å². The van der Waals surface area contributed by atoms with E-state index in [9.17, 15) is 22.8 Å². The highest BCUT2D eigenvalue weighted by atomic mass is 19.4. The van der Waals surface area contributed by atoms with Crippen LogP contribution in [0.4, 0.5) is 13.2 Å². The molecule has 1 saturated heterocycles. The summed E-state index contributed by atoms with van der Waals surface area (Å²) in [6.45, 7) is 2.10. The lowest BCUT2D eigenvalue weighted by Gasteiger charge is -2.43. The van der Waals surface area contributed by atoms with Crippen LogP contribution < -0.4 is 4.74 Å². The van der Waals surface area contributed by atoms with Crippen LogP contribution in [0.3, 0.4) is 0 Å². The second-order valence-corrected chi connectivity index (χ2v) is 10.5. The first-order chi connectivity index (χ1) is 21.1. The SMILES string of the molecule is COc1ccc(-c2nnc(C3OC(OC(=O)c4ccccc4)C(OC(=O)c4ccccc4)[C@@H](C)[C@H]3C)n2CC(F)(F)F)cc1. The molecule has 1 fully saturated rings. The highest BCUT2D eigenvalue weighted by Crippen LogP contribution is 2.42. The average molecular weight is 610 g/mol. The zero-order valence-electron chi connectivity index (χ0n) is 24.1. The number of aromatic nitrogens is 3. The van der Waals surface area contributed by atoms with Crippen molar-refractivity contribution in [1.29, 1.82) is 0 Å². The van der Waals surface area contributed by atoms with Gasteiger partial charge in [-0.2, -0.15) is 13.2 Å². The summed E-state index contributed by atoms with van der Waals surface area (Å²) in [5.41, 5.74) is 0.873. The Hall–Kier alpha value is -4.71. The number of rotatable bonds is 8. The summed E-state index contributed by atoms with van der Waals surface area (Å²) in [5.74, 6) is -2.13.